The van der Waals surface area contributed by atoms with E-state index in [1.54, 1.807) is 12.1 Å². The molecule has 0 fully saturated rings. The third kappa shape index (κ3) is 3.14. The van der Waals surface area contributed by atoms with Crippen molar-refractivity contribution in [2.45, 2.75) is 12.5 Å². The molecular weight excluding hydrogens is 263 g/mol. The summed E-state index contributed by atoms with van der Waals surface area (Å²) in [6.45, 7) is 3.48. The first-order chi connectivity index (χ1) is 9.61. The number of rotatable bonds is 4. The summed E-state index contributed by atoms with van der Waals surface area (Å²) in [6.07, 6.45) is 1.64. The van der Waals surface area contributed by atoms with E-state index >= 15 is 0 Å². The lowest BCUT2D eigenvalue weighted by molar-refractivity contribution is -0.124. The zero-order valence-electron chi connectivity index (χ0n) is 10.8. The second-order valence-electron chi connectivity index (χ2n) is 4.34. The van der Waals surface area contributed by atoms with Gasteiger partial charge in [-0.05, 0) is 12.1 Å². The zero-order chi connectivity index (χ0) is 14.5. The van der Waals surface area contributed by atoms with Crippen molar-refractivity contribution in [1.29, 1.82) is 0 Å². The molecule has 1 aromatic carbocycles. The minimum absolute atomic E-state index is 0.146. The monoisotopic (exact) mass is 278 g/mol. The van der Waals surface area contributed by atoms with E-state index in [0.29, 0.717) is 18.6 Å². The average molecular weight is 278 g/mol. The maximum absolute atomic E-state index is 13.6. The number of benzene rings is 1. The molecule has 2 N–H and O–H groups in total. The maximum atomic E-state index is 13.6. The molecular formula is C14H15FN2O3. The number of nitrogens with one attached hydrogen (secondary N) is 2. The zero-order valence-corrected chi connectivity index (χ0v) is 10.8. The topological polar surface area (TPSA) is 67.4 Å². The average Bonchev–Trinajstić information content (AvgIpc) is 2.46. The summed E-state index contributed by atoms with van der Waals surface area (Å²) >= 11 is 0. The molecule has 1 aromatic rings. The van der Waals surface area contributed by atoms with Crippen molar-refractivity contribution in [2.24, 2.45) is 0 Å². The molecule has 1 aliphatic heterocycles. The first-order valence-corrected chi connectivity index (χ1v) is 6.22. The number of carbonyl (C=O) groups excluding carboxylic acids is 2. The lowest BCUT2D eigenvalue weighted by Crippen LogP contribution is -2.39. The molecule has 0 radical (unpaired) electrons. The van der Waals surface area contributed by atoms with Gasteiger partial charge in [-0.15, -0.1) is 0 Å². The molecule has 1 heterocycles. The van der Waals surface area contributed by atoms with Gasteiger partial charge in [0.1, 0.15) is 0 Å². The van der Waals surface area contributed by atoms with E-state index in [1.807, 2.05) is 0 Å². The summed E-state index contributed by atoms with van der Waals surface area (Å²) in [5.74, 6) is -1.03. The van der Waals surface area contributed by atoms with E-state index in [2.05, 4.69) is 17.2 Å². The molecule has 0 unspecified atom stereocenters. The lowest BCUT2D eigenvalue weighted by atomic mass is 10.0. The van der Waals surface area contributed by atoms with Crippen LogP contribution in [0.5, 0.6) is 5.75 Å². The third-order valence-corrected chi connectivity index (χ3v) is 2.97. The standard InChI is InChI=1S/C14H15FN2O3/c1-2-12(18)16-8-13(19)17-11-6-7-20-14-9(11)4-3-5-10(14)15/h2-5,11H,1,6-8H2,(H,16,18)(H,17,19)/t11-/m0/s1. The highest BCUT2D eigenvalue weighted by atomic mass is 19.1. The van der Waals surface area contributed by atoms with Crippen LogP contribution in [-0.4, -0.2) is 25.0 Å². The molecule has 1 atom stereocenters. The highest BCUT2D eigenvalue weighted by molar-refractivity contribution is 5.90. The molecule has 20 heavy (non-hydrogen) atoms. The molecule has 1 aliphatic rings. The van der Waals surface area contributed by atoms with Gasteiger partial charge < -0.3 is 15.4 Å². The Balaban J connectivity index is 2.01. The minimum atomic E-state index is -0.443. The predicted octanol–water partition coefficient (Wildman–Crippen LogP) is 1.07. The van der Waals surface area contributed by atoms with E-state index in [1.165, 1.54) is 6.07 Å². The minimum Gasteiger partial charge on any atom is -0.490 e. The molecule has 0 aromatic heterocycles. The van der Waals surface area contributed by atoms with Crippen LogP contribution >= 0.6 is 0 Å². The summed E-state index contributed by atoms with van der Waals surface area (Å²) in [5, 5.41) is 5.13. The normalized spacial score (nSPS) is 16.6. The molecule has 2 amide bonds. The van der Waals surface area contributed by atoms with E-state index in [4.69, 9.17) is 4.74 Å². The molecule has 6 heteroatoms. The fourth-order valence-electron chi connectivity index (χ4n) is 2.02. The summed E-state index contributed by atoms with van der Waals surface area (Å²) in [7, 11) is 0. The van der Waals surface area contributed by atoms with Crippen LogP contribution in [0.1, 0.15) is 18.0 Å². The van der Waals surface area contributed by atoms with Crippen molar-refractivity contribution < 1.29 is 18.7 Å². The van der Waals surface area contributed by atoms with Gasteiger partial charge >= 0.3 is 0 Å². The highest BCUT2D eigenvalue weighted by Crippen LogP contribution is 2.33. The molecule has 0 saturated carbocycles. The van der Waals surface area contributed by atoms with Crippen molar-refractivity contribution >= 4 is 11.8 Å². The largest absolute Gasteiger partial charge is 0.490 e. The number of para-hydroxylation sites is 1. The number of amides is 2. The van der Waals surface area contributed by atoms with Gasteiger partial charge in [0.05, 0.1) is 19.2 Å². The highest BCUT2D eigenvalue weighted by Gasteiger charge is 2.25. The molecule has 5 nitrogen and oxygen atoms in total. The van der Waals surface area contributed by atoms with E-state index in [9.17, 15) is 14.0 Å². The number of hydrogen-bond acceptors (Lipinski definition) is 3. The maximum Gasteiger partial charge on any atom is 0.243 e. The van der Waals surface area contributed by atoms with Crippen molar-refractivity contribution in [2.75, 3.05) is 13.2 Å². The van der Waals surface area contributed by atoms with Crippen LogP contribution in [0.25, 0.3) is 0 Å². The Bertz CT molecular complexity index is 545. The van der Waals surface area contributed by atoms with Gasteiger partial charge in [-0.3, -0.25) is 9.59 Å². The summed E-state index contributed by atoms with van der Waals surface area (Å²) in [6, 6.07) is 4.28. The Kier molecular flexibility index (Phi) is 4.34. The fraction of sp³-hybridized carbons (Fsp3) is 0.286. The number of hydrogen-bond donors (Lipinski definition) is 2. The quantitative estimate of drug-likeness (QED) is 0.809. The number of ether oxygens (including phenoxy) is 1. The molecule has 0 bridgehead atoms. The van der Waals surface area contributed by atoms with Crippen LogP contribution in [0.3, 0.4) is 0 Å². The Morgan fingerprint density at radius 1 is 1.50 bits per heavy atom. The van der Waals surface area contributed by atoms with Gasteiger partial charge in [-0.25, -0.2) is 4.39 Å². The number of carbonyl (C=O) groups is 2. The first kappa shape index (κ1) is 14.0. The van der Waals surface area contributed by atoms with Crippen LogP contribution < -0.4 is 15.4 Å². The van der Waals surface area contributed by atoms with Crippen molar-refractivity contribution in [3.63, 3.8) is 0 Å². The summed E-state index contributed by atoms with van der Waals surface area (Å²) in [4.78, 5) is 22.7. The molecule has 2 rings (SSSR count). The fourth-order valence-corrected chi connectivity index (χ4v) is 2.02. The van der Waals surface area contributed by atoms with E-state index in [0.717, 1.165) is 6.08 Å². The van der Waals surface area contributed by atoms with Crippen LogP contribution in [-0.2, 0) is 9.59 Å². The molecule has 0 aliphatic carbocycles. The molecule has 0 saturated heterocycles. The van der Waals surface area contributed by atoms with Gasteiger partial charge in [0.2, 0.25) is 11.8 Å². The Morgan fingerprint density at radius 3 is 3.05 bits per heavy atom. The second kappa shape index (κ2) is 6.18. The van der Waals surface area contributed by atoms with Crippen LogP contribution in [0.2, 0.25) is 0 Å². The second-order valence-corrected chi connectivity index (χ2v) is 4.34. The summed E-state index contributed by atoms with van der Waals surface area (Å²) in [5.41, 5.74) is 0.611. The van der Waals surface area contributed by atoms with Crippen molar-refractivity contribution in [1.82, 2.24) is 10.6 Å². The van der Waals surface area contributed by atoms with Gasteiger partial charge in [-0.2, -0.15) is 0 Å². The predicted molar refractivity (Wildman–Crippen MR) is 70.6 cm³/mol. The van der Waals surface area contributed by atoms with E-state index in [-0.39, 0.29) is 24.2 Å². The van der Waals surface area contributed by atoms with Crippen molar-refractivity contribution in [3.05, 3.63) is 42.2 Å². The number of halogens is 1. The Labute approximate surface area is 115 Å². The third-order valence-electron chi connectivity index (χ3n) is 2.97. The lowest BCUT2D eigenvalue weighted by Gasteiger charge is -2.26. The number of fused-ring (bicyclic) bond motifs is 1. The SMILES string of the molecule is C=CC(=O)NCC(=O)N[C@H]1CCOc2c(F)cccc21. The Hall–Kier alpha value is -2.37. The van der Waals surface area contributed by atoms with Crippen LogP contribution in [0.15, 0.2) is 30.9 Å². The molecule has 0 spiro atoms. The summed E-state index contributed by atoms with van der Waals surface area (Å²) < 4.78 is 18.8. The van der Waals surface area contributed by atoms with Crippen LogP contribution in [0.4, 0.5) is 4.39 Å². The van der Waals surface area contributed by atoms with Gasteiger partial charge in [0.15, 0.2) is 11.6 Å². The van der Waals surface area contributed by atoms with Gasteiger partial charge in [0, 0.05) is 12.0 Å². The molecule has 106 valence electrons. The smallest absolute Gasteiger partial charge is 0.243 e. The first-order valence-electron chi connectivity index (χ1n) is 6.22. The van der Waals surface area contributed by atoms with Crippen LogP contribution in [0, 0.1) is 5.82 Å². The van der Waals surface area contributed by atoms with E-state index < -0.39 is 11.7 Å². The van der Waals surface area contributed by atoms with Gasteiger partial charge in [0.25, 0.3) is 0 Å². The van der Waals surface area contributed by atoms with Crippen molar-refractivity contribution in [3.8, 4) is 5.75 Å². The Morgan fingerprint density at radius 2 is 2.30 bits per heavy atom. The van der Waals surface area contributed by atoms with Gasteiger partial charge in [-0.1, -0.05) is 18.7 Å².